The first-order valence-electron chi connectivity index (χ1n) is 8.29. The summed E-state index contributed by atoms with van der Waals surface area (Å²) >= 11 is 0. The van der Waals surface area contributed by atoms with Gasteiger partial charge in [0.2, 0.25) is 5.95 Å². The molecular weight excluding hydrogens is 294 g/mol. The van der Waals surface area contributed by atoms with Crippen LogP contribution in [0.5, 0.6) is 0 Å². The third kappa shape index (κ3) is 4.77. The van der Waals surface area contributed by atoms with E-state index >= 15 is 0 Å². The summed E-state index contributed by atoms with van der Waals surface area (Å²) in [5.41, 5.74) is 1.47. The average molecular weight is 321 g/mol. The van der Waals surface area contributed by atoms with Crippen molar-refractivity contribution in [3.8, 4) is 0 Å². The third-order valence-electron chi connectivity index (χ3n) is 3.69. The van der Waals surface area contributed by atoms with Gasteiger partial charge in [0.15, 0.2) is 0 Å². The van der Waals surface area contributed by atoms with E-state index in [1.54, 1.807) is 0 Å². The molecule has 128 valence electrons. The molecule has 7 heteroatoms. The predicted molar refractivity (Wildman–Crippen MR) is 88.6 cm³/mol. The molecule has 1 aliphatic heterocycles. The Morgan fingerprint density at radius 2 is 1.96 bits per heavy atom. The summed E-state index contributed by atoms with van der Waals surface area (Å²) in [5.74, 6) is 0.646. The highest BCUT2D eigenvalue weighted by molar-refractivity contribution is 5.68. The van der Waals surface area contributed by atoms with Crippen molar-refractivity contribution in [3.05, 3.63) is 11.4 Å². The van der Waals surface area contributed by atoms with Gasteiger partial charge in [-0.15, -0.1) is 5.10 Å². The van der Waals surface area contributed by atoms with Gasteiger partial charge in [0, 0.05) is 13.1 Å². The lowest BCUT2D eigenvalue weighted by atomic mass is 10.2. The summed E-state index contributed by atoms with van der Waals surface area (Å²) in [5, 5.41) is 11.4. The minimum absolute atomic E-state index is 0.0457. The molecule has 2 rings (SSSR count). The molecule has 0 bridgehead atoms. The quantitative estimate of drug-likeness (QED) is 0.915. The van der Waals surface area contributed by atoms with Crippen LogP contribution in [0.2, 0.25) is 0 Å². The molecule has 1 aromatic rings. The summed E-state index contributed by atoms with van der Waals surface area (Å²) in [6.07, 6.45) is 2.16. The van der Waals surface area contributed by atoms with Crippen molar-refractivity contribution in [1.82, 2.24) is 20.5 Å². The molecule has 0 aromatic carbocycles. The van der Waals surface area contributed by atoms with Gasteiger partial charge in [-0.3, -0.25) is 0 Å². The molecule has 1 N–H and O–H groups in total. The zero-order valence-electron chi connectivity index (χ0n) is 14.7. The fraction of sp³-hybridized carbons (Fsp3) is 0.750. The molecule has 23 heavy (non-hydrogen) atoms. The zero-order chi connectivity index (χ0) is 17.0. The average Bonchev–Trinajstić information content (AvgIpc) is 2.92. The highest BCUT2D eigenvalue weighted by Crippen LogP contribution is 2.18. The van der Waals surface area contributed by atoms with E-state index in [0.29, 0.717) is 12.5 Å². The molecule has 0 radical (unpaired) electrons. The molecule has 0 aliphatic carbocycles. The molecule has 7 nitrogen and oxygen atoms in total. The number of aryl methyl sites for hydroxylation is 2. The maximum Gasteiger partial charge on any atom is 0.407 e. The van der Waals surface area contributed by atoms with E-state index in [1.165, 1.54) is 0 Å². The van der Waals surface area contributed by atoms with Crippen LogP contribution in [0.4, 0.5) is 10.7 Å². The molecule has 2 heterocycles. The maximum atomic E-state index is 11.8. The molecule has 1 amide bonds. The van der Waals surface area contributed by atoms with Gasteiger partial charge in [0.1, 0.15) is 5.60 Å². The van der Waals surface area contributed by atoms with Crippen molar-refractivity contribution >= 4 is 12.0 Å². The lowest BCUT2D eigenvalue weighted by Crippen LogP contribution is -2.40. The monoisotopic (exact) mass is 321 g/mol. The van der Waals surface area contributed by atoms with Gasteiger partial charge >= 0.3 is 6.09 Å². The fourth-order valence-corrected chi connectivity index (χ4v) is 2.60. The van der Waals surface area contributed by atoms with Gasteiger partial charge in [0.25, 0.3) is 0 Å². The van der Waals surface area contributed by atoms with Gasteiger partial charge in [-0.1, -0.05) is 13.8 Å². The summed E-state index contributed by atoms with van der Waals surface area (Å²) in [4.78, 5) is 18.5. The number of carbonyl (C=O) groups is 1. The Morgan fingerprint density at radius 1 is 1.26 bits per heavy atom. The Bertz CT molecular complexity index is 556. The number of hydrogen-bond acceptors (Lipinski definition) is 6. The Morgan fingerprint density at radius 3 is 2.57 bits per heavy atom. The lowest BCUT2D eigenvalue weighted by Gasteiger charge is -2.22. The standard InChI is InChI=1S/C16H27N5O2/c1-6-12-13(7-2)19-20-14(18-12)21-9-8-11(10-21)17-15(22)23-16(3,4)5/h11H,6-10H2,1-5H3,(H,17,22). The van der Waals surface area contributed by atoms with Crippen molar-refractivity contribution in [2.75, 3.05) is 18.0 Å². The Hall–Kier alpha value is -1.92. The molecule has 1 fully saturated rings. The maximum absolute atomic E-state index is 11.8. The van der Waals surface area contributed by atoms with E-state index < -0.39 is 5.60 Å². The first kappa shape index (κ1) is 17.4. The van der Waals surface area contributed by atoms with Crippen LogP contribution < -0.4 is 10.2 Å². The van der Waals surface area contributed by atoms with Gasteiger partial charge in [0.05, 0.1) is 17.4 Å². The zero-order valence-corrected chi connectivity index (χ0v) is 14.7. The van der Waals surface area contributed by atoms with Crippen LogP contribution in [0.25, 0.3) is 0 Å². The number of anilines is 1. The number of hydrogen-bond donors (Lipinski definition) is 1. The van der Waals surface area contributed by atoms with Crippen LogP contribution in [0, 0.1) is 0 Å². The topological polar surface area (TPSA) is 80.2 Å². The highest BCUT2D eigenvalue weighted by Gasteiger charge is 2.28. The van der Waals surface area contributed by atoms with Gasteiger partial charge in [-0.2, -0.15) is 5.10 Å². The number of alkyl carbamates (subject to hydrolysis) is 1. The number of aromatic nitrogens is 3. The van der Waals surface area contributed by atoms with Gasteiger partial charge in [-0.25, -0.2) is 9.78 Å². The number of nitrogens with zero attached hydrogens (tertiary/aromatic N) is 4. The van der Waals surface area contributed by atoms with E-state index in [-0.39, 0.29) is 12.1 Å². The molecular formula is C16H27N5O2. The summed E-state index contributed by atoms with van der Waals surface area (Å²) in [6.45, 7) is 11.2. The Balaban J connectivity index is 1.96. The highest BCUT2D eigenvalue weighted by atomic mass is 16.6. The molecule has 0 spiro atoms. The van der Waals surface area contributed by atoms with Gasteiger partial charge in [-0.05, 0) is 40.0 Å². The van der Waals surface area contributed by atoms with Crippen LogP contribution in [-0.2, 0) is 17.6 Å². The Labute approximate surface area is 137 Å². The predicted octanol–water partition coefficient (Wildman–Crippen LogP) is 2.10. The molecule has 0 saturated carbocycles. The molecule has 1 unspecified atom stereocenters. The normalized spacial score (nSPS) is 18.1. The minimum Gasteiger partial charge on any atom is -0.444 e. The van der Waals surface area contributed by atoms with E-state index in [1.807, 2.05) is 20.8 Å². The van der Waals surface area contributed by atoms with E-state index in [0.717, 1.165) is 37.2 Å². The second-order valence-electron chi connectivity index (χ2n) is 6.79. The molecule has 1 atom stereocenters. The van der Waals surface area contributed by atoms with Crippen molar-refractivity contribution in [2.24, 2.45) is 0 Å². The van der Waals surface area contributed by atoms with E-state index in [9.17, 15) is 4.79 Å². The molecule has 1 aromatic heterocycles. The largest absolute Gasteiger partial charge is 0.444 e. The molecule has 1 aliphatic rings. The lowest BCUT2D eigenvalue weighted by molar-refractivity contribution is 0.0509. The van der Waals surface area contributed by atoms with Crippen LogP contribution in [0.15, 0.2) is 0 Å². The number of rotatable bonds is 4. The Kier molecular flexibility index (Phi) is 5.38. The van der Waals surface area contributed by atoms with Crippen molar-refractivity contribution in [3.63, 3.8) is 0 Å². The fourth-order valence-electron chi connectivity index (χ4n) is 2.60. The number of nitrogens with one attached hydrogen (secondary N) is 1. The van der Waals surface area contributed by atoms with Crippen LogP contribution in [0.1, 0.15) is 52.4 Å². The summed E-state index contributed by atoms with van der Waals surface area (Å²) in [7, 11) is 0. The van der Waals surface area contributed by atoms with Crippen LogP contribution in [-0.4, -0.2) is 46.0 Å². The van der Waals surface area contributed by atoms with Gasteiger partial charge < -0.3 is 15.0 Å². The third-order valence-corrected chi connectivity index (χ3v) is 3.69. The summed E-state index contributed by atoms with van der Waals surface area (Å²) in [6, 6.07) is 0.0457. The van der Waals surface area contributed by atoms with Crippen molar-refractivity contribution in [1.29, 1.82) is 0 Å². The number of carbonyl (C=O) groups excluding carboxylic acids is 1. The van der Waals surface area contributed by atoms with E-state index in [4.69, 9.17) is 4.74 Å². The first-order valence-corrected chi connectivity index (χ1v) is 8.29. The summed E-state index contributed by atoms with van der Waals surface area (Å²) < 4.78 is 5.30. The second kappa shape index (κ2) is 7.10. The van der Waals surface area contributed by atoms with Crippen LogP contribution in [0.3, 0.4) is 0 Å². The van der Waals surface area contributed by atoms with E-state index in [2.05, 4.69) is 39.2 Å². The first-order chi connectivity index (χ1) is 10.8. The SMILES string of the molecule is CCc1nnc(N2CCC(NC(=O)OC(C)(C)C)C2)nc1CC. The van der Waals surface area contributed by atoms with Crippen LogP contribution >= 0.6 is 0 Å². The van der Waals surface area contributed by atoms with Crippen molar-refractivity contribution in [2.45, 2.75) is 65.5 Å². The number of amides is 1. The smallest absolute Gasteiger partial charge is 0.407 e. The van der Waals surface area contributed by atoms with Crippen molar-refractivity contribution < 1.29 is 9.53 Å². The molecule has 1 saturated heterocycles. The second-order valence-corrected chi connectivity index (χ2v) is 6.79. The minimum atomic E-state index is -0.485. The number of ether oxygens (including phenoxy) is 1.